The first kappa shape index (κ1) is 44.3. The van der Waals surface area contributed by atoms with Crippen LogP contribution >= 0.6 is 0 Å². The summed E-state index contributed by atoms with van der Waals surface area (Å²) in [5.74, 6) is -1.76. The Labute approximate surface area is 341 Å². The molecular weight excluding hydrogens is 766 g/mol. The van der Waals surface area contributed by atoms with E-state index in [0.717, 1.165) is 43.8 Å². The molecule has 5 rings (SSSR count). The Morgan fingerprint density at radius 3 is 2.02 bits per heavy atom. The molecule has 59 heavy (non-hydrogen) atoms. The van der Waals surface area contributed by atoms with Crippen LogP contribution < -0.4 is 10.6 Å². The highest BCUT2D eigenvalue weighted by atomic mass is 19.4. The lowest BCUT2D eigenvalue weighted by atomic mass is 9.96. The summed E-state index contributed by atoms with van der Waals surface area (Å²) in [5.41, 5.74) is 5.90. The number of hydrogen-bond acceptors (Lipinski definition) is 10. The summed E-state index contributed by atoms with van der Waals surface area (Å²) in [6.07, 6.45) is 7.53. The minimum Gasteiger partial charge on any atom is -0.512 e. The standard InChI is InChI=1S/C45H51F3N4O7/c1-9-10-11-12-13-29(54)14-15-30-24(2)35-22-40-43(44(45(46,47)48)59-28(6)53)27(5)36(52-40)20-33-25(3)31(16-18-41(55)57-7)38(49-33)23-39-32(17-19-42(56)58-8)26(4)34(50-39)21-37(30)51-35/h14-15,20-23,44,51,54H,9-13,16-19H2,1-8H3/b29-14-,30-15+,33-20?,37-21?,39-23?,40-22?. The normalized spacial score (nSPS) is 17.6. The Morgan fingerprint density at radius 2 is 1.39 bits per heavy atom. The van der Waals surface area contributed by atoms with Gasteiger partial charge < -0.3 is 24.3 Å². The number of H-pyrrole nitrogens is 1. The van der Waals surface area contributed by atoms with Crippen LogP contribution in [0.25, 0.3) is 18.2 Å². The van der Waals surface area contributed by atoms with E-state index in [2.05, 4.69) is 11.9 Å². The van der Waals surface area contributed by atoms with Crippen LogP contribution in [0.5, 0.6) is 0 Å². The van der Waals surface area contributed by atoms with E-state index in [-0.39, 0.29) is 47.6 Å². The number of unbranched alkanes of at least 4 members (excludes halogenated alkanes) is 3. The van der Waals surface area contributed by atoms with Gasteiger partial charge in [0.2, 0.25) is 6.10 Å². The largest absolute Gasteiger partial charge is 0.512 e. The number of rotatable bonds is 14. The van der Waals surface area contributed by atoms with Crippen molar-refractivity contribution in [1.29, 1.82) is 0 Å². The van der Waals surface area contributed by atoms with Crippen LogP contribution in [0.3, 0.4) is 0 Å². The molecule has 8 bridgehead atoms. The SMILES string of the molecule is CCCCCC/C(O)=C/C=c1\c(C)c2[nH]c1=CC1=NC(=CC3=NC(=CC4=NC(=C2)C(C(OC(C)=O)C(F)(F)F)=C4C)C(C)=C3CCC(=O)OC)C(CCC(=O)OC)=C1C. The predicted octanol–water partition coefficient (Wildman–Crippen LogP) is 8.13. The summed E-state index contributed by atoms with van der Waals surface area (Å²) in [7, 11) is 2.62. The molecule has 0 amide bonds. The average Bonchev–Trinajstić information content (AvgIpc) is 3.85. The number of nitrogens with one attached hydrogen (secondary N) is 1. The van der Waals surface area contributed by atoms with Crippen LogP contribution in [0.2, 0.25) is 0 Å². The zero-order valence-electron chi connectivity index (χ0n) is 34.8. The van der Waals surface area contributed by atoms with Crippen molar-refractivity contribution in [3.63, 3.8) is 0 Å². The van der Waals surface area contributed by atoms with Gasteiger partial charge in [-0.1, -0.05) is 26.2 Å². The second-order valence-electron chi connectivity index (χ2n) is 14.8. The molecule has 0 aliphatic carbocycles. The molecule has 314 valence electrons. The third kappa shape index (κ3) is 10.3. The number of methoxy groups -OCH3 is 2. The summed E-state index contributed by atoms with van der Waals surface area (Å²) in [4.78, 5) is 54.8. The Hall–Kier alpha value is -5.79. The predicted molar refractivity (Wildman–Crippen MR) is 222 cm³/mol. The average molecular weight is 817 g/mol. The molecule has 1 unspecified atom stereocenters. The van der Waals surface area contributed by atoms with E-state index >= 15 is 0 Å². The highest BCUT2D eigenvalue weighted by Gasteiger charge is 2.48. The van der Waals surface area contributed by atoms with Crippen LogP contribution in [0, 0.1) is 6.92 Å². The lowest BCUT2D eigenvalue weighted by Crippen LogP contribution is -2.35. The molecular formula is C45H51F3N4O7. The van der Waals surface area contributed by atoms with E-state index in [9.17, 15) is 32.7 Å². The van der Waals surface area contributed by atoms with Crippen LogP contribution in [-0.4, -0.2) is 71.6 Å². The number of aliphatic hydroxyl groups is 1. The van der Waals surface area contributed by atoms with Gasteiger partial charge in [-0.15, -0.1) is 0 Å². The number of esters is 3. The van der Waals surface area contributed by atoms with Crippen molar-refractivity contribution in [3.05, 3.63) is 96.3 Å². The van der Waals surface area contributed by atoms with Crippen molar-refractivity contribution in [1.82, 2.24) is 4.98 Å². The van der Waals surface area contributed by atoms with Gasteiger partial charge in [0.25, 0.3) is 0 Å². The van der Waals surface area contributed by atoms with Gasteiger partial charge in [-0.2, -0.15) is 13.2 Å². The van der Waals surface area contributed by atoms with Crippen LogP contribution in [0.1, 0.15) is 104 Å². The molecule has 1 aromatic heterocycles. The Bertz CT molecular complexity index is 2380. The molecule has 5 heterocycles. The molecule has 1 aromatic rings. The van der Waals surface area contributed by atoms with Crippen molar-refractivity contribution in [2.24, 2.45) is 15.0 Å². The van der Waals surface area contributed by atoms with E-state index in [0.29, 0.717) is 68.6 Å². The minimum absolute atomic E-state index is 0.0356. The van der Waals surface area contributed by atoms with Crippen LogP contribution in [0.15, 0.2) is 89.5 Å². The lowest BCUT2D eigenvalue weighted by molar-refractivity contribution is -0.209. The first-order valence-corrected chi connectivity index (χ1v) is 19.7. The van der Waals surface area contributed by atoms with Crippen LogP contribution in [0.4, 0.5) is 13.2 Å². The van der Waals surface area contributed by atoms with Crippen LogP contribution in [-0.2, 0) is 28.6 Å². The molecule has 0 saturated heterocycles. The Morgan fingerprint density at radius 1 is 0.780 bits per heavy atom. The molecule has 4 aliphatic rings. The second-order valence-corrected chi connectivity index (χ2v) is 14.8. The summed E-state index contributed by atoms with van der Waals surface area (Å²) in [6, 6.07) is 0. The van der Waals surface area contributed by atoms with E-state index in [1.54, 1.807) is 31.2 Å². The minimum atomic E-state index is -4.98. The second kappa shape index (κ2) is 18.9. The van der Waals surface area contributed by atoms with Gasteiger partial charge in [-0.05, 0) is 117 Å². The third-order valence-corrected chi connectivity index (χ3v) is 10.7. The fraction of sp³-hybridized carbons (Fsp3) is 0.422. The first-order valence-electron chi connectivity index (χ1n) is 19.7. The van der Waals surface area contributed by atoms with Crippen molar-refractivity contribution in [2.45, 2.75) is 112 Å². The van der Waals surface area contributed by atoms with Gasteiger partial charge in [0.15, 0.2) is 0 Å². The first-order chi connectivity index (χ1) is 28.0. The molecule has 0 radical (unpaired) electrons. The maximum absolute atomic E-state index is 14.8. The molecule has 0 aromatic carbocycles. The Kier molecular flexibility index (Phi) is 14.2. The molecule has 11 nitrogen and oxygen atoms in total. The summed E-state index contributed by atoms with van der Waals surface area (Å²) < 4.78 is 59.2. The topological polar surface area (TPSA) is 152 Å². The van der Waals surface area contributed by atoms with Gasteiger partial charge in [-0.25, -0.2) is 15.0 Å². The zero-order chi connectivity index (χ0) is 43.2. The van der Waals surface area contributed by atoms with Gasteiger partial charge >= 0.3 is 24.1 Å². The number of aromatic nitrogens is 1. The third-order valence-electron chi connectivity index (χ3n) is 10.7. The maximum atomic E-state index is 14.8. The molecule has 1 atom stereocenters. The summed E-state index contributed by atoms with van der Waals surface area (Å²) in [5, 5.41) is 12.0. The van der Waals surface area contributed by atoms with E-state index in [4.69, 9.17) is 29.2 Å². The molecule has 0 fully saturated rings. The smallest absolute Gasteiger partial charge is 0.429 e. The number of alkyl halides is 3. The summed E-state index contributed by atoms with van der Waals surface area (Å²) in [6.45, 7) is 10.0. The fourth-order valence-corrected chi connectivity index (χ4v) is 7.36. The number of fused-ring (bicyclic) bond motifs is 5. The lowest BCUT2D eigenvalue weighted by Gasteiger charge is -2.22. The van der Waals surface area contributed by atoms with Gasteiger partial charge in [0.05, 0.1) is 54.2 Å². The van der Waals surface area contributed by atoms with Gasteiger partial charge in [-0.3, -0.25) is 14.4 Å². The number of carbonyl (C=O) groups excluding carboxylic acids is 3. The number of hydrogen-bond donors (Lipinski definition) is 2. The van der Waals surface area contributed by atoms with E-state index in [1.807, 2.05) is 19.9 Å². The Balaban J connectivity index is 1.84. The maximum Gasteiger partial charge on any atom is 0.429 e. The van der Waals surface area contributed by atoms with Crippen molar-refractivity contribution in [3.8, 4) is 0 Å². The van der Waals surface area contributed by atoms with Crippen molar-refractivity contribution >= 4 is 53.3 Å². The number of aliphatic hydroxyl groups excluding tert-OH is 1. The number of nitrogens with zero attached hydrogens (tertiary/aromatic N) is 3. The monoisotopic (exact) mass is 816 g/mol. The number of allylic oxidation sites excluding steroid dienone is 9. The highest BCUT2D eigenvalue weighted by molar-refractivity contribution is 6.24. The number of carbonyl (C=O) groups is 3. The number of ether oxygens (including phenoxy) is 3. The quantitative estimate of drug-likeness (QED) is 0.0833. The van der Waals surface area contributed by atoms with E-state index < -0.39 is 30.2 Å². The molecule has 2 N–H and O–H groups in total. The molecule has 0 spiro atoms. The van der Waals surface area contributed by atoms with Crippen molar-refractivity contribution < 1.29 is 46.9 Å². The highest BCUT2D eigenvalue weighted by Crippen LogP contribution is 2.40. The molecule has 14 heteroatoms. The number of aliphatic imine (C=N–C) groups is 3. The summed E-state index contributed by atoms with van der Waals surface area (Å²) >= 11 is 0. The number of aromatic amines is 1. The fourth-order valence-electron chi connectivity index (χ4n) is 7.36. The molecule has 0 saturated carbocycles. The number of halogens is 3. The van der Waals surface area contributed by atoms with Gasteiger partial charge in [0.1, 0.15) is 0 Å². The van der Waals surface area contributed by atoms with Crippen molar-refractivity contribution in [2.75, 3.05) is 14.2 Å². The molecule has 4 aliphatic heterocycles. The van der Waals surface area contributed by atoms with Gasteiger partial charge in [0, 0.05) is 48.0 Å². The van der Waals surface area contributed by atoms with E-state index in [1.165, 1.54) is 27.2 Å². The zero-order valence-corrected chi connectivity index (χ0v) is 34.8.